The topological polar surface area (TPSA) is 35.6 Å². The fourth-order valence-corrected chi connectivity index (χ4v) is 3.07. The Morgan fingerprint density at radius 1 is 1.20 bits per heavy atom. The van der Waals surface area contributed by atoms with Crippen molar-refractivity contribution >= 4 is 5.91 Å². The van der Waals surface area contributed by atoms with E-state index in [0.717, 1.165) is 25.9 Å². The Labute approximate surface area is 121 Å². The molecule has 0 unspecified atom stereocenters. The summed E-state index contributed by atoms with van der Waals surface area (Å²) in [5.41, 5.74) is 0. The van der Waals surface area contributed by atoms with Gasteiger partial charge in [0.05, 0.1) is 13.1 Å². The van der Waals surface area contributed by atoms with Gasteiger partial charge in [-0.3, -0.25) is 9.69 Å². The van der Waals surface area contributed by atoms with Crippen LogP contribution in [0, 0.1) is 5.92 Å². The summed E-state index contributed by atoms with van der Waals surface area (Å²) in [7, 11) is 0. The standard InChI is InChI=1S/C15H28FN3O/c1-11(2)14(20)17-15(16)9-19(10-15)13-5-7-18(8-6-13)12(3)4/h11-13H,5-10H2,1-4H3,(H,17,20). The van der Waals surface area contributed by atoms with E-state index in [1.54, 1.807) is 13.8 Å². The normalized spacial score (nSPS) is 24.9. The molecule has 2 saturated heterocycles. The number of halogens is 1. The molecule has 1 N–H and O–H groups in total. The number of likely N-dealkylation sites (tertiary alicyclic amines) is 2. The third kappa shape index (κ3) is 3.50. The molecule has 5 heteroatoms. The van der Waals surface area contributed by atoms with E-state index in [1.165, 1.54) is 0 Å². The van der Waals surface area contributed by atoms with Gasteiger partial charge in [-0.25, -0.2) is 4.39 Å². The molecule has 0 aromatic rings. The minimum Gasteiger partial charge on any atom is -0.322 e. The van der Waals surface area contributed by atoms with Gasteiger partial charge in [-0.15, -0.1) is 0 Å². The average molecular weight is 285 g/mol. The molecule has 116 valence electrons. The third-order valence-electron chi connectivity index (χ3n) is 4.52. The number of alkyl halides is 1. The lowest BCUT2D eigenvalue weighted by Gasteiger charge is -2.50. The molecule has 0 spiro atoms. The molecule has 0 bridgehead atoms. The Morgan fingerprint density at radius 3 is 2.20 bits per heavy atom. The summed E-state index contributed by atoms with van der Waals surface area (Å²) >= 11 is 0. The van der Waals surface area contributed by atoms with Crippen molar-refractivity contribution in [2.45, 2.75) is 58.4 Å². The van der Waals surface area contributed by atoms with E-state index < -0.39 is 5.79 Å². The second-order valence-corrected chi connectivity index (χ2v) is 6.88. The van der Waals surface area contributed by atoms with E-state index in [4.69, 9.17) is 0 Å². The van der Waals surface area contributed by atoms with Crippen molar-refractivity contribution in [3.63, 3.8) is 0 Å². The number of nitrogens with one attached hydrogen (secondary N) is 1. The predicted molar refractivity (Wildman–Crippen MR) is 78.1 cm³/mol. The molecule has 4 nitrogen and oxygen atoms in total. The van der Waals surface area contributed by atoms with Gasteiger partial charge in [-0.1, -0.05) is 13.8 Å². The van der Waals surface area contributed by atoms with E-state index >= 15 is 0 Å². The fourth-order valence-electron chi connectivity index (χ4n) is 3.07. The summed E-state index contributed by atoms with van der Waals surface area (Å²) in [6.07, 6.45) is 2.21. The molecule has 2 heterocycles. The first-order chi connectivity index (χ1) is 9.31. The van der Waals surface area contributed by atoms with Gasteiger partial charge < -0.3 is 10.2 Å². The van der Waals surface area contributed by atoms with Gasteiger partial charge >= 0.3 is 0 Å². The number of carbonyl (C=O) groups is 1. The quantitative estimate of drug-likeness (QED) is 0.797. The maximum Gasteiger partial charge on any atom is 0.225 e. The summed E-state index contributed by atoms with van der Waals surface area (Å²) in [5.74, 6) is -1.86. The molecule has 0 aliphatic carbocycles. The van der Waals surface area contributed by atoms with Crippen molar-refractivity contribution in [2.24, 2.45) is 5.92 Å². The first-order valence-electron chi connectivity index (χ1n) is 7.80. The zero-order chi connectivity index (χ0) is 14.9. The predicted octanol–water partition coefficient (Wildman–Crippen LogP) is 1.61. The first-order valence-corrected chi connectivity index (χ1v) is 7.80. The van der Waals surface area contributed by atoms with Crippen molar-refractivity contribution in [1.82, 2.24) is 15.1 Å². The summed E-state index contributed by atoms with van der Waals surface area (Å²) in [6.45, 7) is 10.9. The van der Waals surface area contributed by atoms with Crippen LogP contribution in [0.5, 0.6) is 0 Å². The second-order valence-electron chi connectivity index (χ2n) is 6.88. The van der Waals surface area contributed by atoms with Gasteiger partial charge in [0.2, 0.25) is 11.7 Å². The first kappa shape index (κ1) is 15.7. The molecule has 2 fully saturated rings. The highest BCUT2D eigenvalue weighted by molar-refractivity contribution is 5.78. The molecular weight excluding hydrogens is 257 g/mol. The highest BCUT2D eigenvalue weighted by Crippen LogP contribution is 2.29. The molecule has 0 atom stereocenters. The number of hydrogen-bond acceptors (Lipinski definition) is 3. The van der Waals surface area contributed by atoms with Crippen molar-refractivity contribution in [2.75, 3.05) is 26.2 Å². The molecule has 2 rings (SSSR count). The molecule has 0 radical (unpaired) electrons. The van der Waals surface area contributed by atoms with Crippen molar-refractivity contribution < 1.29 is 9.18 Å². The van der Waals surface area contributed by atoms with Crippen LogP contribution >= 0.6 is 0 Å². The monoisotopic (exact) mass is 285 g/mol. The second kappa shape index (κ2) is 5.98. The Bertz CT molecular complexity index is 345. The van der Waals surface area contributed by atoms with E-state index in [9.17, 15) is 9.18 Å². The van der Waals surface area contributed by atoms with Crippen LogP contribution in [-0.4, -0.2) is 59.8 Å². The van der Waals surface area contributed by atoms with E-state index in [0.29, 0.717) is 25.2 Å². The minimum atomic E-state index is -1.50. The van der Waals surface area contributed by atoms with Crippen LogP contribution in [0.15, 0.2) is 0 Å². The van der Waals surface area contributed by atoms with Crippen LogP contribution in [0.4, 0.5) is 4.39 Å². The largest absolute Gasteiger partial charge is 0.322 e. The lowest BCUT2D eigenvalue weighted by Crippen LogP contribution is -2.70. The highest BCUT2D eigenvalue weighted by Gasteiger charge is 2.47. The summed E-state index contributed by atoms with van der Waals surface area (Å²) in [5, 5.41) is 2.53. The van der Waals surface area contributed by atoms with Gasteiger partial charge in [0.15, 0.2) is 0 Å². The van der Waals surface area contributed by atoms with Crippen molar-refractivity contribution in [3.05, 3.63) is 0 Å². The lowest BCUT2D eigenvalue weighted by atomic mass is 9.95. The Hall–Kier alpha value is -0.680. The molecule has 0 aromatic carbocycles. The molecule has 0 saturated carbocycles. The Balaban J connectivity index is 1.75. The van der Waals surface area contributed by atoms with Crippen LogP contribution < -0.4 is 5.32 Å². The van der Waals surface area contributed by atoms with Crippen LogP contribution in [0.25, 0.3) is 0 Å². The van der Waals surface area contributed by atoms with Gasteiger partial charge in [-0.2, -0.15) is 0 Å². The molecule has 0 aromatic heterocycles. The van der Waals surface area contributed by atoms with Crippen molar-refractivity contribution in [1.29, 1.82) is 0 Å². The molecule has 2 aliphatic heterocycles. The smallest absolute Gasteiger partial charge is 0.225 e. The third-order valence-corrected chi connectivity index (χ3v) is 4.52. The number of carbonyl (C=O) groups excluding carboxylic acids is 1. The van der Waals surface area contributed by atoms with Crippen LogP contribution in [0.2, 0.25) is 0 Å². The highest BCUT2D eigenvalue weighted by atomic mass is 19.1. The fraction of sp³-hybridized carbons (Fsp3) is 0.933. The zero-order valence-electron chi connectivity index (χ0n) is 13.2. The Kier molecular flexibility index (Phi) is 4.69. The maximum absolute atomic E-state index is 14.3. The maximum atomic E-state index is 14.3. The van der Waals surface area contributed by atoms with Crippen LogP contribution in [-0.2, 0) is 4.79 Å². The molecule has 1 amide bonds. The van der Waals surface area contributed by atoms with E-state index in [1.807, 2.05) is 0 Å². The summed E-state index contributed by atoms with van der Waals surface area (Å²) in [4.78, 5) is 16.2. The SMILES string of the molecule is CC(C)C(=O)NC1(F)CN(C2CCN(C(C)C)CC2)C1. The van der Waals surface area contributed by atoms with Crippen LogP contribution in [0.3, 0.4) is 0 Å². The average Bonchev–Trinajstić information content (AvgIpc) is 2.35. The number of hydrogen-bond donors (Lipinski definition) is 1. The van der Waals surface area contributed by atoms with E-state index in [-0.39, 0.29) is 11.8 Å². The van der Waals surface area contributed by atoms with E-state index in [2.05, 4.69) is 29.0 Å². The molecule has 2 aliphatic rings. The van der Waals surface area contributed by atoms with Gasteiger partial charge in [0.25, 0.3) is 0 Å². The number of rotatable bonds is 4. The molecule has 20 heavy (non-hydrogen) atoms. The van der Waals surface area contributed by atoms with Gasteiger partial charge in [0.1, 0.15) is 0 Å². The minimum absolute atomic E-state index is 0.161. The summed E-state index contributed by atoms with van der Waals surface area (Å²) in [6, 6.07) is 1.07. The van der Waals surface area contributed by atoms with Crippen LogP contribution in [0.1, 0.15) is 40.5 Å². The number of piperidine rings is 1. The number of amides is 1. The van der Waals surface area contributed by atoms with Crippen molar-refractivity contribution in [3.8, 4) is 0 Å². The zero-order valence-corrected chi connectivity index (χ0v) is 13.2. The summed E-state index contributed by atoms with van der Waals surface area (Å²) < 4.78 is 14.3. The lowest BCUT2D eigenvalue weighted by molar-refractivity contribution is -0.139. The number of nitrogens with zero attached hydrogens (tertiary/aromatic N) is 2. The van der Waals surface area contributed by atoms with Gasteiger partial charge in [0, 0.05) is 18.0 Å². The van der Waals surface area contributed by atoms with Gasteiger partial charge in [-0.05, 0) is 39.8 Å². The molecular formula is C15H28FN3O. The Morgan fingerprint density at radius 2 is 1.75 bits per heavy atom.